The van der Waals surface area contributed by atoms with Crippen LogP contribution in [0.3, 0.4) is 0 Å². The lowest BCUT2D eigenvalue weighted by Crippen LogP contribution is -2.48. The molecule has 13 heteroatoms. The maximum absolute atomic E-state index is 12.0. The number of ether oxygens (including phenoxy) is 1. The largest absolute Gasteiger partial charge is 0.378 e. The second-order valence-corrected chi connectivity index (χ2v) is 9.68. The van der Waals surface area contributed by atoms with E-state index in [4.69, 9.17) is 20.4 Å². The highest BCUT2D eigenvalue weighted by atomic mass is 32.1. The highest BCUT2D eigenvalue weighted by molar-refractivity contribution is 7.19. The summed E-state index contributed by atoms with van der Waals surface area (Å²) in [4.78, 5) is 47.9. The van der Waals surface area contributed by atoms with Crippen molar-refractivity contribution in [3.05, 3.63) is 27.7 Å². The fourth-order valence-corrected chi connectivity index (χ4v) is 5.66. The molecule has 5 heterocycles. The fourth-order valence-electron chi connectivity index (χ4n) is 4.36. The van der Waals surface area contributed by atoms with Crippen LogP contribution in [0.4, 0.5) is 11.8 Å². The molecule has 0 aromatic carbocycles. The molecule has 2 aliphatic rings. The average molecular weight is 524 g/mol. The Labute approximate surface area is 218 Å². The van der Waals surface area contributed by atoms with Crippen molar-refractivity contribution < 1.29 is 9.53 Å². The normalized spacial score (nSPS) is 16.3. The number of carbonyl (C=O) groups excluding carboxylic acids is 1. The number of piperazine rings is 1. The lowest BCUT2D eigenvalue weighted by Gasteiger charge is -2.34. The molecule has 0 spiro atoms. The number of terminal acetylenes is 1. The zero-order valence-electron chi connectivity index (χ0n) is 20.7. The lowest BCUT2D eigenvalue weighted by molar-refractivity contribution is -0.131. The van der Waals surface area contributed by atoms with E-state index < -0.39 is 0 Å². The summed E-state index contributed by atoms with van der Waals surface area (Å²) in [7, 11) is 0. The summed E-state index contributed by atoms with van der Waals surface area (Å²) in [6.07, 6.45) is 11.3. The van der Waals surface area contributed by atoms with Crippen molar-refractivity contribution in [2.75, 3.05) is 69.7 Å². The number of amides is 1. The molecule has 0 aliphatic carbocycles. The third-order valence-electron chi connectivity index (χ3n) is 6.38. The molecule has 5 rings (SSSR count). The highest BCUT2D eigenvalue weighted by Gasteiger charge is 2.25. The Morgan fingerprint density at radius 3 is 2.43 bits per heavy atom. The quantitative estimate of drug-likeness (QED) is 0.373. The molecule has 37 heavy (non-hydrogen) atoms. The SMILES string of the molecule is C#C.Cc1c(CN2CCN(C(=O)CN=O)CC2)sc2c(N3CCOCC3)nc(-c3cnc(N)nc3)nc12. The van der Waals surface area contributed by atoms with E-state index in [1.165, 1.54) is 4.88 Å². The summed E-state index contributed by atoms with van der Waals surface area (Å²) in [5.41, 5.74) is 8.44. The van der Waals surface area contributed by atoms with Gasteiger partial charge in [0.1, 0.15) is 0 Å². The summed E-state index contributed by atoms with van der Waals surface area (Å²) >= 11 is 1.72. The fraction of sp³-hybridized carbons (Fsp3) is 0.458. The van der Waals surface area contributed by atoms with Crippen molar-refractivity contribution in [3.63, 3.8) is 0 Å². The van der Waals surface area contributed by atoms with Crippen LogP contribution in [0.25, 0.3) is 21.6 Å². The summed E-state index contributed by atoms with van der Waals surface area (Å²) < 4.78 is 6.62. The van der Waals surface area contributed by atoms with Crippen LogP contribution in [0, 0.1) is 24.7 Å². The van der Waals surface area contributed by atoms with Gasteiger partial charge in [-0.3, -0.25) is 9.69 Å². The lowest BCUT2D eigenvalue weighted by atomic mass is 10.2. The summed E-state index contributed by atoms with van der Waals surface area (Å²) in [5.74, 6) is 1.48. The molecule has 194 valence electrons. The number of hydrogen-bond donors (Lipinski definition) is 1. The van der Waals surface area contributed by atoms with Crippen LogP contribution in [-0.4, -0.2) is 94.7 Å². The van der Waals surface area contributed by atoms with Gasteiger partial charge in [0.25, 0.3) is 0 Å². The van der Waals surface area contributed by atoms with Crippen molar-refractivity contribution in [2.45, 2.75) is 13.5 Å². The van der Waals surface area contributed by atoms with Gasteiger partial charge in [-0.1, -0.05) is 5.18 Å². The van der Waals surface area contributed by atoms with E-state index in [2.05, 4.69) is 44.7 Å². The van der Waals surface area contributed by atoms with Crippen LogP contribution in [0.5, 0.6) is 0 Å². The minimum atomic E-state index is -0.292. The first-order valence-corrected chi connectivity index (χ1v) is 12.7. The number of nitrogen functional groups attached to an aromatic ring is 1. The maximum Gasteiger partial charge on any atom is 0.247 e. The van der Waals surface area contributed by atoms with Gasteiger partial charge in [-0.15, -0.1) is 24.2 Å². The Hall–Kier alpha value is -3.73. The number of aryl methyl sites for hydroxylation is 1. The first kappa shape index (κ1) is 26.3. The minimum absolute atomic E-state index is 0.206. The Morgan fingerprint density at radius 2 is 1.78 bits per heavy atom. The topological polar surface area (TPSA) is 143 Å². The van der Waals surface area contributed by atoms with Gasteiger partial charge in [-0.25, -0.2) is 19.9 Å². The van der Waals surface area contributed by atoms with E-state index in [0.717, 1.165) is 54.3 Å². The number of thiophene rings is 1. The summed E-state index contributed by atoms with van der Waals surface area (Å²) in [5, 5.41) is 2.72. The molecule has 3 aromatic heterocycles. The van der Waals surface area contributed by atoms with Crippen molar-refractivity contribution in [1.29, 1.82) is 0 Å². The van der Waals surface area contributed by atoms with Crippen LogP contribution < -0.4 is 10.6 Å². The predicted octanol–water partition coefficient (Wildman–Crippen LogP) is 1.54. The van der Waals surface area contributed by atoms with Gasteiger partial charge in [0, 0.05) is 63.1 Å². The molecule has 0 saturated carbocycles. The number of aromatic nitrogens is 4. The number of fused-ring (bicyclic) bond motifs is 1. The van der Waals surface area contributed by atoms with Gasteiger partial charge in [-0.2, -0.15) is 4.91 Å². The van der Waals surface area contributed by atoms with Crippen molar-refractivity contribution in [3.8, 4) is 24.2 Å². The van der Waals surface area contributed by atoms with E-state index in [1.54, 1.807) is 28.6 Å². The van der Waals surface area contributed by atoms with Crippen molar-refractivity contribution in [1.82, 2.24) is 29.7 Å². The zero-order valence-corrected chi connectivity index (χ0v) is 21.5. The van der Waals surface area contributed by atoms with E-state index in [9.17, 15) is 9.70 Å². The minimum Gasteiger partial charge on any atom is -0.378 e. The van der Waals surface area contributed by atoms with Gasteiger partial charge in [-0.05, 0) is 12.5 Å². The number of nitroso groups, excluding NO2 is 1. The van der Waals surface area contributed by atoms with Crippen LogP contribution in [0.2, 0.25) is 0 Å². The van der Waals surface area contributed by atoms with Gasteiger partial charge in [0.2, 0.25) is 11.9 Å². The smallest absolute Gasteiger partial charge is 0.247 e. The van der Waals surface area contributed by atoms with Crippen LogP contribution in [-0.2, 0) is 16.1 Å². The Morgan fingerprint density at radius 1 is 1.11 bits per heavy atom. The first-order chi connectivity index (χ1) is 18.0. The molecular formula is C24H29N9O3S. The van der Waals surface area contributed by atoms with Gasteiger partial charge >= 0.3 is 0 Å². The molecular weight excluding hydrogens is 494 g/mol. The number of hydrogen-bond acceptors (Lipinski definition) is 12. The third kappa shape index (κ3) is 5.82. The standard InChI is InChI=1S/C22H27N9O3S.C2H2/c1-14-16(13-29-2-4-30(5-3-29)17(32)12-26-33)35-19-18(14)27-20(15-10-24-22(23)25-11-15)28-21(19)31-6-8-34-9-7-31;1-2/h10-11H,2-9,12-13H2,1H3,(H2,23,24,25);1-2H. The Bertz CT molecular complexity index is 1260. The summed E-state index contributed by atoms with van der Waals surface area (Å²) in [6, 6.07) is 0. The average Bonchev–Trinajstić information content (AvgIpc) is 3.25. The monoisotopic (exact) mass is 523 g/mol. The number of nitrogens with two attached hydrogens (primary N) is 1. The predicted molar refractivity (Wildman–Crippen MR) is 143 cm³/mol. The third-order valence-corrected chi connectivity index (χ3v) is 7.64. The van der Waals surface area contributed by atoms with E-state index >= 15 is 0 Å². The second-order valence-electron chi connectivity index (χ2n) is 8.57. The molecule has 12 nitrogen and oxygen atoms in total. The molecule has 2 N–H and O–H groups in total. The molecule has 3 aromatic rings. The second kappa shape index (κ2) is 12.0. The molecule has 0 atom stereocenters. The van der Waals surface area contributed by atoms with E-state index in [-0.39, 0.29) is 18.4 Å². The molecule has 0 unspecified atom stereocenters. The molecule has 1 amide bonds. The highest BCUT2D eigenvalue weighted by Crippen LogP contribution is 2.38. The van der Waals surface area contributed by atoms with Crippen molar-refractivity contribution >= 4 is 39.2 Å². The number of rotatable bonds is 6. The van der Waals surface area contributed by atoms with Crippen LogP contribution in [0.15, 0.2) is 17.6 Å². The molecule has 2 aliphatic heterocycles. The first-order valence-electron chi connectivity index (χ1n) is 11.9. The molecule has 2 saturated heterocycles. The number of carbonyl (C=O) groups is 1. The zero-order chi connectivity index (χ0) is 26.4. The van der Waals surface area contributed by atoms with E-state index in [0.29, 0.717) is 37.7 Å². The maximum atomic E-state index is 12.0. The van der Waals surface area contributed by atoms with Gasteiger partial charge < -0.3 is 20.3 Å². The Balaban J connectivity index is 0.00000156. The molecule has 2 fully saturated rings. The van der Waals surface area contributed by atoms with Crippen LogP contribution >= 0.6 is 11.3 Å². The molecule has 0 bridgehead atoms. The number of anilines is 2. The number of morpholine rings is 1. The number of nitrogens with zero attached hydrogens (tertiary/aromatic N) is 8. The van der Waals surface area contributed by atoms with E-state index in [1.807, 2.05) is 0 Å². The molecule has 0 radical (unpaired) electrons. The summed E-state index contributed by atoms with van der Waals surface area (Å²) in [6.45, 7) is 8.10. The van der Waals surface area contributed by atoms with Gasteiger partial charge in [0.05, 0.1) is 29.0 Å². The van der Waals surface area contributed by atoms with Crippen LogP contribution in [0.1, 0.15) is 10.4 Å². The Kier molecular flexibility index (Phi) is 8.54. The van der Waals surface area contributed by atoms with Crippen molar-refractivity contribution in [2.24, 2.45) is 5.18 Å². The van der Waals surface area contributed by atoms with Gasteiger partial charge in [0.15, 0.2) is 18.2 Å².